The highest BCUT2D eigenvalue weighted by atomic mass is 16.5. The van der Waals surface area contributed by atoms with E-state index in [1.54, 1.807) is 14.2 Å². The van der Waals surface area contributed by atoms with Crippen molar-refractivity contribution in [3.63, 3.8) is 0 Å². The van der Waals surface area contributed by atoms with Crippen LogP contribution in [0, 0.1) is 12.8 Å². The van der Waals surface area contributed by atoms with Gasteiger partial charge in [0.1, 0.15) is 5.82 Å². The van der Waals surface area contributed by atoms with E-state index in [0.717, 1.165) is 42.1 Å². The molecule has 1 aliphatic heterocycles. The molecular formula is C23H30N4O2. The molecule has 1 saturated heterocycles. The van der Waals surface area contributed by atoms with E-state index in [1.807, 2.05) is 22.7 Å². The van der Waals surface area contributed by atoms with Crippen LogP contribution in [0.1, 0.15) is 37.9 Å². The van der Waals surface area contributed by atoms with E-state index >= 15 is 0 Å². The van der Waals surface area contributed by atoms with Crippen LogP contribution in [0.5, 0.6) is 11.5 Å². The molecule has 1 aliphatic rings. The highest BCUT2D eigenvalue weighted by Gasteiger charge is 2.24. The predicted molar refractivity (Wildman–Crippen MR) is 116 cm³/mol. The Balaban J connectivity index is 1.86. The maximum atomic E-state index is 5.48. The van der Waals surface area contributed by atoms with Crippen molar-refractivity contribution in [2.45, 2.75) is 40.0 Å². The lowest BCUT2D eigenvalue weighted by Crippen LogP contribution is -2.36. The quantitative estimate of drug-likeness (QED) is 0.637. The number of aryl methyl sites for hydroxylation is 1. The molecule has 6 nitrogen and oxygen atoms in total. The lowest BCUT2D eigenvalue weighted by Gasteiger charge is -2.34. The average molecular weight is 395 g/mol. The van der Waals surface area contributed by atoms with Crippen molar-refractivity contribution in [2.24, 2.45) is 5.92 Å². The number of anilines is 1. The zero-order chi connectivity index (χ0) is 20.5. The summed E-state index contributed by atoms with van der Waals surface area (Å²) in [5, 5.41) is 4.98. The van der Waals surface area contributed by atoms with Crippen molar-refractivity contribution in [2.75, 3.05) is 32.2 Å². The molecule has 1 aromatic carbocycles. The highest BCUT2D eigenvalue weighted by molar-refractivity contribution is 5.69. The molecule has 0 amide bonds. The van der Waals surface area contributed by atoms with Crippen LogP contribution in [0.2, 0.25) is 0 Å². The molecule has 0 N–H and O–H groups in total. The zero-order valence-electron chi connectivity index (χ0n) is 18.0. The van der Waals surface area contributed by atoms with Gasteiger partial charge in [-0.1, -0.05) is 13.8 Å². The molecule has 0 aliphatic carbocycles. The van der Waals surface area contributed by atoms with Gasteiger partial charge in [0, 0.05) is 36.0 Å². The van der Waals surface area contributed by atoms with E-state index < -0.39 is 0 Å². The third-order valence-electron chi connectivity index (χ3n) is 5.87. The number of benzene rings is 1. The van der Waals surface area contributed by atoms with Crippen LogP contribution in [0.25, 0.3) is 16.9 Å². The molecule has 29 heavy (non-hydrogen) atoms. The molecule has 4 rings (SSSR count). The third kappa shape index (κ3) is 3.52. The number of nitrogens with zero attached hydrogens (tertiary/aromatic N) is 4. The molecule has 1 atom stereocenters. The molecule has 0 spiro atoms. The Morgan fingerprint density at radius 1 is 1.14 bits per heavy atom. The lowest BCUT2D eigenvalue weighted by atomic mass is 9.99. The molecular weight excluding hydrogens is 364 g/mol. The van der Waals surface area contributed by atoms with E-state index in [4.69, 9.17) is 19.6 Å². The Morgan fingerprint density at radius 2 is 1.93 bits per heavy atom. The summed E-state index contributed by atoms with van der Waals surface area (Å²) in [7, 11) is 3.30. The number of rotatable bonds is 5. The number of piperidine rings is 1. The van der Waals surface area contributed by atoms with Gasteiger partial charge in [0.15, 0.2) is 17.1 Å². The van der Waals surface area contributed by atoms with Crippen LogP contribution in [0.15, 0.2) is 24.3 Å². The summed E-state index contributed by atoms with van der Waals surface area (Å²) in [4.78, 5) is 7.36. The van der Waals surface area contributed by atoms with Crippen LogP contribution < -0.4 is 14.4 Å². The molecule has 3 heterocycles. The Labute approximate surface area is 172 Å². The minimum Gasteiger partial charge on any atom is -0.493 e. The molecule has 0 bridgehead atoms. The second-order valence-electron chi connectivity index (χ2n) is 7.92. The molecule has 0 saturated carbocycles. The van der Waals surface area contributed by atoms with Crippen molar-refractivity contribution < 1.29 is 9.47 Å². The molecule has 154 valence electrons. The molecule has 2 aromatic heterocycles. The van der Waals surface area contributed by atoms with Crippen LogP contribution in [0.4, 0.5) is 5.82 Å². The highest BCUT2D eigenvalue weighted by Crippen LogP contribution is 2.34. The first kappa shape index (κ1) is 19.6. The molecule has 0 radical (unpaired) electrons. The van der Waals surface area contributed by atoms with Crippen LogP contribution in [-0.2, 0) is 6.42 Å². The van der Waals surface area contributed by atoms with Crippen LogP contribution in [0.3, 0.4) is 0 Å². The van der Waals surface area contributed by atoms with Gasteiger partial charge < -0.3 is 14.4 Å². The van der Waals surface area contributed by atoms with Crippen LogP contribution >= 0.6 is 0 Å². The van der Waals surface area contributed by atoms with E-state index in [1.165, 1.54) is 24.2 Å². The van der Waals surface area contributed by atoms with E-state index in [0.29, 0.717) is 17.4 Å². The van der Waals surface area contributed by atoms with Crippen molar-refractivity contribution in [3.8, 4) is 22.8 Å². The summed E-state index contributed by atoms with van der Waals surface area (Å²) in [6, 6.07) is 7.96. The van der Waals surface area contributed by atoms with Crippen molar-refractivity contribution in [1.82, 2.24) is 14.6 Å². The number of methoxy groups -OCH3 is 2. The summed E-state index contributed by atoms with van der Waals surface area (Å²) in [5.41, 5.74) is 5.14. The maximum Gasteiger partial charge on any atom is 0.161 e. The predicted octanol–water partition coefficient (Wildman–Crippen LogP) is 4.52. The normalized spacial score (nSPS) is 17.0. The fourth-order valence-electron chi connectivity index (χ4n) is 4.39. The van der Waals surface area contributed by atoms with Gasteiger partial charge in [-0.15, -0.1) is 0 Å². The first-order valence-corrected chi connectivity index (χ1v) is 10.4. The smallest absolute Gasteiger partial charge is 0.161 e. The first-order valence-electron chi connectivity index (χ1n) is 10.4. The minimum absolute atomic E-state index is 0.692. The number of ether oxygens (including phenoxy) is 2. The van der Waals surface area contributed by atoms with Crippen LogP contribution in [-0.4, -0.2) is 41.9 Å². The minimum atomic E-state index is 0.692. The summed E-state index contributed by atoms with van der Waals surface area (Å²) in [6.45, 7) is 8.78. The van der Waals surface area contributed by atoms with E-state index in [9.17, 15) is 0 Å². The number of aromatic nitrogens is 3. The van der Waals surface area contributed by atoms with Gasteiger partial charge >= 0.3 is 0 Å². The van der Waals surface area contributed by atoms with Gasteiger partial charge in [-0.2, -0.15) is 9.61 Å². The summed E-state index contributed by atoms with van der Waals surface area (Å²) >= 11 is 0. The standard InChI is InChI=1S/C23H30N4O2/c1-6-18-16(3)24-22-13-19(17-9-10-20(28-4)21(12-17)29-5)25-27(22)23(18)26-11-7-8-15(2)14-26/h9-10,12-13,15H,6-8,11,14H2,1-5H3/t15-/m1/s1. The van der Waals surface area contributed by atoms with Gasteiger partial charge in [-0.3, -0.25) is 0 Å². The maximum absolute atomic E-state index is 5.48. The SMILES string of the molecule is CCc1c(C)nc2cc(-c3ccc(OC)c(OC)c3)nn2c1N1CCC[C@@H](C)C1. The Morgan fingerprint density at radius 3 is 2.62 bits per heavy atom. The molecule has 6 heteroatoms. The van der Waals surface area contributed by atoms with Gasteiger partial charge in [-0.25, -0.2) is 4.98 Å². The first-order chi connectivity index (χ1) is 14.0. The average Bonchev–Trinajstić information content (AvgIpc) is 3.15. The number of hydrogen-bond acceptors (Lipinski definition) is 5. The second-order valence-corrected chi connectivity index (χ2v) is 7.92. The zero-order valence-corrected chi connectivity index (χ0v) is 18.0. The molecule has 0 unspecified atom stereocenters. The molecule has 1 fully saturated rings. The third-order valence-corrected chi connectivity index (χ3v) is 5.87. The molecule has 3 aromatic rings. The topological polar surface area (TPSA) is 51.9 Å². The fourth-order valence-corrected chi connectivity index (χ4v) is 4.39. The summed E-state index contributed by atoms with van der Waals surface area (Å²) in [6.07, 6.45) is 3.46. The Bertz CT molecular complexity index is 1030. The van der Waals surface area contributed by atoms with E-state index in [2.05, 4.69) is 31.7 Å². The van der Waals surface area contributed by atoms with Crippen molar-refractivity contribution >= 4 is 11.5 Å². The van der Waals surface area contributed by atoms with Gasteiger partial charge in [-0.05, 0) is 50.3 Å². The lowest BCUT2D eigenvalue weighted by molar-refractivity contribution is 0.355. The van der Waals surface area contributed by atoms with Gasteiger partial charge in [0.25, 0.3) is 0 Å². The summed E-state index contributed by atoms with van der Waals surface area (Å²) in [5.74, 6) is 3.31. The number of hydrogen-bond donors (Lipinski definition) is 0. The van der Waals surface area contributed by atoms with Crippen molar-refractivity contribution in [1.29, 1.82) is 0 Å². The number of fused-ring (bicyclic) bond motifs is 1. The van der Waals surface area contributed by atoms with Gasteiger partial charge in [0.05, 0.1) is 19.9 Å². The fraction of sp³-hybridized carbons (Fsp3) is 0.478. The second kappa shape index (κ2) is 7.93. The van der Waals surface area contributed by atoms with E-state index in [-0.39, 0.29) is 0 Å². The van der Waals surface area contributed by atoms with Crippen molar-refractivity contribution in [3.05, 3.63) is 35.5 Å². The summed E-state index contributed by atoms with van der Waals surface area (Å²) < 4.78 is 12.9. The largest absolute Gasteiger partial charge is 0.493 e. The Kier molecular flexibility index (Phi) is 5.35. The monoisotopic (exact) mass is 394 g/mol. The Hall–Kier alpha value is -2.76. The van der Waals surface area contributed by atoms with Gasteiger partial charge in [0.2, 0.25) is 0 Å².